The van der Waals surface area contributed by atoms with Crippen molar-refractivity contribution in [3.8, 4) is 0 Å². The van der Waals surface area contributed by atoms with Gasteiger partial charge in [-0.1, -0.05) is 96.8 Å². The van der Waals surface area contributed by atoms with Gasteiger partial charge in [-0.05, 0) is 6.42 Å². The second-order valence-corrected chi connectivity index (χ2v) is 6.09. The van der Waals surface area contributed by atoms with Crippen LogP contribution in [0.1, 0.15) is 110 Å². The Morgan fingerprint density at radius 3 is 1.19 bits per heavy atom. The van der Waals surface area contributed by atoms with Crippen LogP contribution in [0, 0.1) is 0 Å². The summed E-state index contributed by atoms with van der Waals surface area (Å²) in [6.07, 6.45) is 20.2. The number of carboxylic acids is 1. The van der Waals surface area contributed by atoms with E-state index < -0.39 is 5.97 Å². The molecular weight excluding hydrogens is 288 g/mol. The number of carboxylic acid groups (broad SMARTS) is 1. The monoisotopic (exact) mass is 324 g/mol. The molecule has 2 radical (unpaired) electrons. The van der Waals surface area contributed by atoms with E-state index in [-0.39, 0.29) is 37.7 Å². The Hall–Kier alpha value is 0.730. The Morgan fingerprint density at radius 2 is 0.905 bits per heavy atom. The van der Waals surface area contributed by atoms with Gasteiger partial charge in [0.2, 0.25) is 0 Å². The van der Waals surface area contributed by atoms with E-state index in [4.69, 9.17) is 5.11 Å². The zero-order valence-electron chi connectivity index (χ0n) is 14.4. The summed E-state index contributed by atoms with van der Waals surface area (Å²) in [5.74, 6) is -0.653. The number of rotatable bonds is 16. The fourth-order valence-electron chi connectivity index (χ4n) is 2.65. The van der Waals surface area contributed by atoms with Gasteiger partial charge in [-0.15, -0.1) is 0 Å². The molecule has 122 valence electrons. The zero-order chi connectivity index (χ0) is 14.9. The van der Waals surface area contributed by atoms with Crippen LogP contribution in [-0.2, 0) is 4.79 Å². The van der Waals surface area contributed by atoms with Crippen LogP contribution in [0.2, 0.25) is 0 Å². The Kier molecular flexibility index (Phi) is 23.7. The predicted octanol–water partition coefficient (Wildman–Crippen LogP) is 5.95. The van der Waals surface area contributed by atoms with Gasteiger partial charge >= 0.3 is 5.97 Å². The second-order valence-electron chi connectivity index (χ2n) is 6.09. The average molecular weight is 325 g/mol. The summed E-state index contributed by atoms with van der Waals surface area (Å²) < 4.78 is 0. The van der Waals surface area contributed by atoms with Gasteiger partial charge in [0.15, 0.2) is 0 Å². The number of hydrogen-bond acceptors (Lipinski definition) is 1. The Bertz CT molecular complexity index is 207. The third-order valence-electron chi connectivity index (χ3n) is 3.99. The van der Waals surface area contributed by atoms with E-state index in [1.165, 1.54) is 83.5 Å². The first-order chi connectivity index (χ1) is 9.77. The summed E-state index contributed by atoms with van der Waals surface area (Å²) in [4.78, 5) is 10.3. The molecule has 0 aliphatic rings. The van der Waals surface area contributed by atoms with E-state index in [0.717, 1.165) is 12.8 Å². The molecule has 3 heteroatoms. The number of unbranched alkanes of at least 4 members (excludes halogenated alkanes) is 14. The average Bonchev–Trinajstić information content (AvgIpc) is 2.43. The van der Waals surface area contributed by atoms with Crippen molar-refractivity contribution in [3.63, 3.8) is 0 Å². The molecule has 0 saturated heterocycles. The van der Waals surface area contributed by atoms with Crippen molar-refractivity contribution in [1.29, 1.82) is 0 Å². The number of hydrogen-bond donors (Lipinski definition) is 1. The van der Waals surface area contributed by atoms with Gasteiger partial charge in [0, 0.05) is 44.2 Å². The molecule has 0 rings (SSSR count). The quantitative estimate of drug-likeness (QED) is 0.281. The van der Waals surface area contributed by atoms with Crippen LogP contribution in [0.5, 0.6) is 0 Å². The molecule has 1 N–H and O–H groups in total. The van der Waals surface area contributed by atoms with Crippen molar-refractivity contribution >= 4 is 43.7 Å². The third-order valence-corrected chi connectivity index (χ3v) is 3.99. The molecule has 0 amide bonds. The van der Waals surface area contributed by atoms with Crippen LogP contribution < -0.4 is 0 Å². The molecular formula is C18H36CaO2. The minimum absolute atomic E-state index is 0. The largest absolute Gasteiger partial charge is 0.481 e. The van der Waals surface area contributed by atoms with E-state index >= 15 is 0 Å². The summed E-state index contributed by atoms with van der Waals surface area (Å²) in [5, 5.41) is 8.52. The van der Waals surface area contributed by atoms with Gasteiger partial charge in [0.25, 0.3) is 0 Å². The van der Waals surface area contributed by atoms with Crippen LogP contribution in [0.4, 0.5) is 0 Å². The minimum Gasteiger partial charge on any atom is -0.481 e. The van der Waals surface area contributed by atoms with Gasteiger partial charge in [0.1, 0.15) is 0 Å². The first kappa shape index (κ1) is 24.0. The van der Waals surface area contributed by atoms with Crippen molar-refractivity contribution < 1.29 is 9.90 Å². The molecule has 0 unspecified atom stereocenters. The predicted molar refractivity (Wildman–Crippen MR) is 92.9 cm³/mol. The summed E-state index contributed by atoms with van der Waals surface area (Å²) >= 11 is 0. The van der Waals surface area contributed by atoms with Crippen LogP contribution in [0.25, 0.3) is 0 Å². The van der Waals surface area contributed by atoms with Crippen LogP contribution >= 0.6 is 0 Å². The topological polar surface area (TPSA) is 37.3 Å². The van der Waals surface area contributed by atoms with Gasteiger partial charge in [-0.2, -0.15) is 0 Å². The summed E-state index contributed by atoms with van der Waals surface area (Å²) in [5.41, 5.74) is 0. The molecule has 0 aliphatic carbocycles. The van der Waals surface area contributed by atoms with Crippen molar-refractivity contribution in [2.24, 2.45) is 0 Å². The van der Waals surface area contributed by atoms with Gasteiger partial charge in [-0.25, -0.2) is 0 Å². The molecule has 21 heavy (non-hydrogen) atoms. The molecule has 0 atom stereocenters. The summed E-state index contributed by atoms with van der Waals surface area (Å²) in [7, 11) is 0. The third kappa shape index (κ3) is 23.1. The fraction of sp³-hybridized carbons (Fsp3) is 0.944. The normalized spacial score (nSPS) is 10.3. The fourth-order valence-corrected chi connectivity index (χ4v) is 2.65. The maximum atomic E-state index is 10.3. The molecule has 0 bridgehead atoms. The molecule has 2 nitrogen and oxygen atoms in total. The number of carbonyl (C=O) groups is 1. The van der Waals surface area contributed by atoms with E-state index in [0.29, 0.717) is 6.42 Å². The minimum atomic E-state index is -0.653. The van der Waals surface area contributed by atoms with Crippen molar-refractivity contribution in [1.82, 2.24) is 0 Å². The van der Waals surface area contributed by atoms with E-state index in [9.17, 15) is 4.79 Å². The maximum Gasteiger partial charge on any atom is 0.303 e. The van der Waals surface area contributed by atoms with Crippen LogP contribution in [0.3, 0.4) is 0 Å². The molecule has 0 spiro atoms. The smallest absolute Gasteiger partial charge is 0.303 e. The molecule has 0 aromatic heterocycles. The van der Waals surface area contributed by atoms with Crippen molar-refractivity contribution in [2.45, 2.75) is 110 Å². The van der Waals surface area contributed by atoms with Gasteiger partial charge < -0.3 is 5.11 Å². The summed E-state index contributed by atoms with van der Waals surface area (Å²) in [6.45, 7) is 2.27. The Balaban J connectivity index is 0. The molecule has 0 aromatic carbocycles. The maximum absolute atomic E-state index is 10.3. The van der Waals surface area contributed by atoms with Crippen LogP contribution in [0.15, 0.2) is 0 Å². The number of aliphatic carboxylic acids is 1. The molecule has 0 fully saturated rings. The Labute approximate surface area is 162 Å². The standard InChI is InChI=1S/C18H36O2.Ca/c1-2-3-4-5-6-7-8-9-10-11-12-13-14-15-16-17-18(19)20;/h2-17H2,1H3,(H,19,20);. The van der Waals surface area contributed by atoms with Crippen molar-refractivity contribution in [3.05, 3.63) is 0 Å². The van der Waals surface area contributed by atoms with E-state index in [1.807, 2.05) is 0 Å². The Morgan fingerprint density at radius 1 is 0.619 bits per heavy atom. The van der Waals surface area contributed by atoms with E-state index in [1.54, 1.807) is 0 Å². The summed E-state index contributed by atoms with van der Waals surface area (Å²) in [6, 6.07) is 0. The first-order valence-electron chi connectivity index (χ1n) is 8.99. The second kappa shape index (κ2) is 20.7. The molecule has 0 heterocycles. The molecule has 0 saturated carbocycles. The first-order valence-corrected chi connectivity index (χ1v) is 8.99. The van der Waals surface area contributed by atoms with Crippen molar-refractivity contribution in [2.75, 3.05) is 0 Å². The van der Waals surface area contributed by atoms with Gasteiger partial charge in [0.05, 0.1) is 0 Å². The van der Waals surface area contributed by atoms with Crippen LogP contribution in [-0.4, -0.2) is 48.8 Å². The SMILES string of the molecule is CCCCCCCCCCCCCCCCCC(=O)O.[Ca]. The molecule has 0 aromatic rings. The zero-order valence-corrected chi connectivity index (χ0v) is 16.6. The van der Waals surface area contributed by atoms with E-state index in [2.05, 4.69) is 6.92 Å². The van der Waals surface area contributed by atoms with Gasteiger partial charge in [-0.3, -0.25) is 4.79 Å². The molecule has 0 aliphatic heterocycles.